The molecule has 48 valence electrons. The zero-order valence-corrected chi connectivity index (χ0v) is 5.03. The van der Waals surface area contributed by atoms with E-state index in [4.69, 9.17) is 10.2 Å². The van der Waals surface area contributed by atoms with Crippen molar-refractivity contribution in [3.05, 3.63) is 24.1 Å². The van der Waals surface area contributed by atoms with E-state index in [-0.39, 0.29) is 5.62 Å². The highest BCUT2D eigenvalue weighted by Gasteiger charge is 1.83. The van der Waals surface area contributed by atoms with E-state index in [9.17, 15) is 0 Å². The van der Waals surface area contributed by atoms with Crippen LogP contribution in [0.25, 0.3) is 0 Å². The average Bonchev–Trinajstić information content (AvgIpc) is 1.89. The molecule has 0 fully saturated rings. The molecule has 4 nitrogen and oxygen atoms in total. The first-order chi connectivity index (χ1) is 4.34. The highest BCUT2D eigenvalue weighted by Crippen LogP contribution is 1.69. The standard InChI is InChI=1S/C5H7N3O/c1-9-8-4-2-3-7-5(8)6/h2-4,6H,1H3. The van der Waals surface area contributed by atoms with E-state index < -0.39 is 0 Å². The molecule has 0 aliphatic carbocycles. The van der Waals surface area contributed by atoms with Crippen LogP contribution in [0.4, 0.5) is 0 Å². The predicted molar refractivity (Wildman–Crippen MR) is 30.6 cm³/mol. The predicted octanol–water partition coefficient (Wildman–Crippen LogP) is -0.579. The molecule has 0 radical (unpaired) electrons. The molecule has 1 heterocycles. The summed E-state index contributed by atoms with van der Waals surface area (Å²) in [7, 11) is 1.49. The van der Waals surface area contributed by atoms with Crippen molar-refractivity contribution < 1.29 is 4.84 Å². The van der Waals surface area contributed by atoms with Crippen LogP contribution in [0.3, 0.4) is 0 Å². The van der Waals surface area contributed by atoms with Crippen LogP contribution in [0.5, 0.6) is 0 Å². The van der Waals surface area contributed by atoms with Gasteiger partial charge in [0.2, 0.25) is 0 Å². The van der Waals surface area contributed by atoms with Gasteiger partial charge < -0.3 is 4.84 Å². The maximum atomic E-state index is 7.10. The third-order valence-electron chi connectivity index (χ3n) is 0.910. The van der Waals surface area contributed by atoms with E-state index in [0.717, 1.165) is 0 Å². The summed E-state index contributed by atoms with van der Waals surface area (Å²) in [6.07, 6.45) is 3.16. The summed E-state index contributed by atoms with van der Waals surface area (Å²) in [6, 6.07) is 1.70. The zero-order valence-electron chi connectivity index (χ0n) is 5.03. The highest BCUT2D eigenvalue weighted by molar-refractivity contribution is 4.76. The van der Waals surface area contributed by atoms with Crippen LogP contribution >= 0.6 is 0 Å². The molecule has 9 heavy (non-hydrogen) atoms. The fraction of sp³-hybridized carbons (Fsp3) is 0.200. The van der Waals surface area contributed by atoms with Crippen LogP contribution in [-0.4, -0.2) is 16.8 Å². The Hall–Kier alpha value is -1.32. The normalized spacial score (nSPS) is 9.00. The van der Waals surface area contributed by atoms with Gasteiger partial charge in [-0.1, -0.05) is 0 Å². The van der Waals surface area contributed by atoms with Crippen LogP contribution in [0.1, 0.15) is 0 Å². The van der Waals surface area contributed by atoms with Gasteiger partial charge in [0.25, 0.3) is 5.62 Å². The monoisotopic (exact) mass is 125 g/mol. The van der Waals surface area contributed by atoms with E-state index in [1.807, 2.05) is 0 Å². The molecule has 0 unspecified atom stereocenters. The van der Waals surface area contributed by atoms with E-state index in [2.05, 4.69) is 4.98 Å². The first-order valence-electron chi connectivity index (χ1n) is 2.47. The second kappa shape index (κ2) is 2.30. The van der Waals surface area contributed by atoms with Crippen LogP contribution in [0.2, 0.25) is 0 Å². The smallest absolute Gasteiger partial charge is 0.255 e. The third-order valence-corrected chi connectivity index (χ3v) is 0.910. The Morgan fingerprint density at radius 2 is 2.56 bits per heavy atom. The van der Waals surface area contributed by atoms with Crippen molar-refractivity contribution in [2.75, 3.05) is 7.11 Å². The van der Waals surface area contributed by atoms with Crippen molar-refractivity contribution in [3.8, 4) is 0 Å². The van der Waals surface area contributed by atoms with Crippen LogP contribution in [-0.2, 0) is 0 Å². The number of nitrogens with zero attached hydrogens (tertiary/aromatic N) is 2. The van der Waals surface area contributed by atoms with E-state index >= 15 is 0 Å². The van der Waals surface area contributed by atoms with Gasteiger partial charge in [-0.25, -0.2) is 4.98 Å². The molecule has 0 bridgehead atoms. The van der Waals surface area contributed by atoms with Crippen LogP contribution < -0.4 is 10.5 Å². The summed E-state index contributed by atoms with van der Waals surface area (Å²) in [5.41, 5.74) is 0.0972. The minimum Gasteiger partial charge on any atom is -0.414 e. The molecule has 0 saturated heterocycles. The Bertz CT molecular complexity index is 242. The van der Waals surface area contributed by atoms with Crippen LogP contribution in [0, 0.1) is 5.41 Å². The summed E-state index contributed by atoms with van der Waals surface area (Å²) >= 11 is 0. The van der Waals surface area contributed by atoms with Gasteiger partial charge in [-0.15, -0.1) is 0 Å². The van der Waals surface area contributed by atoms with Crippen LogP contribution in [0.15, 0.2) is 18.5 Å². The lowest BCUT2D eigenvalue weighted by molar-refractivity contribution is 0.148. The lowest BCUT2D eigenvalue weighted by Gasteiger charge is -1.99. The Kier molecular flexibility index (Phi) is 1.48. The Morgan fingerprint density at radius 1 is 1.78 bits per heavy atom. The molecule has 0 amide bonds. The first-order valence-corrected chi connectivity index (χ1v) is 2.47. The Balaban J connectivity index is 3.16. The maximum Gasteiger partial charge on any atom is 0.255 e. The van der Waals surface area contributed by atoms with Gasteiger partial charge in [-0.2, -0.15) is 4.73 Å². The van der Waals surface area contributed by atoms with Crippen molar-refractivity contribution in [1.29, 1.82) is 5.41 Å². The fourth-order valence-electron chi connectivity index (χ4n) is 0.505. The SMILES string of the molecule is COn1cccnc1=N. The summed E-state index contributed by atoms with van der Waals surface area (Å²) in [6.45, 7) is 0. The molecule has 0 atom stereocenters. The van der Waals surface area contributed by atoms with Gasteiger partial charge in [0.15, 0.2) is 0 Å². The van der Waals surface area contributed by atoms with Gasteiger partial charge in [0.1, 0.15) is 7.11 Å². The van der Waals surface area contributed by atoms with E-state index in [0.29, 0.717) is 0 Å². The average molecular weight is 125 g/mol. The molecule has 1 rings (SSSR count). The number of hydrogen-bond donors (Lipinski definition) is 1. The molecule has 1 N–H and O–H groups in total. The minimum absolute atomic E-state index is 0.0972. The Labute approximate surface area is 52.2 Å². The fourth-order valence-corrected chi connectivity index (χ4v) is 0.505. The molecule has 1 aromatic rings. The zero-order chi connectivity index (χ0) is 6.69. The van der Waals surface area contributed by atoms with Crippen molar-refractivity contribution >= 4 is 0 Å². The second-order valence-corrected chi connectivity index (χ2v) is 1.45. The Morgan fingerprint density at radius 3 is 3.00 bits per heavy atom. The van der Waals surface area contributed by atoms with Gasteiger partial charge in [0, 0.05) is 12.4 Å². The molecule has 0 saturated carbocycles. The summed E-state index contributed by atoms with van der Waals surface area (Å²) in [4.78, 5) is 8.37. The molecular weight excluding hydrogens is 118 g/mol. The molecule has 1 aromatic heterocycles. The molecule has 0 spiro atoms. The number of rotatable bonds is 1. The van der Waals surface area contributed by atoms with Gasteiger partial charge >= 0.3 is 0 Å². The second-order valence-electron chi connectivity index (χ2n) is 1.45. The van der Waals surface area contributed by atoms with Gasteiger partial charge in [0.05, 0.1) is 0 Å². The van der Waals surface area contributed by atoms with Crippen molar-refractivity contribution in [2.24, 2.45) is 0 Å². The molecule has 4 heteroatoms. The van der Waals surface area contributed by atoms with Gasteiger partial charge in [-0.3, -0.25) is 5.41 Å². The maximum absolute atomic E-state index is 7.10. The minimum atomic E-state index is 0.0972. The quantitative estimate of drug-likeness (QED) is 0.546. The van der Waals surface area contributed by atoms with E-state index in [1.54, 1.807) is 12.3 Å². The topological polar surface area (TPSA) is 50.9 Å². The van der Waals surface area contributed by atoms with Crippen molar-refractivity contribution in [2.45, 2.75) is 0 Å². The molecular formula is C5H7N3O. The number of aromatic nitrogens is 2. The van der Waals surface area contributed by atoms with Gasteiger partial charge in [-0.05, 0) is 6.07 Å². The third kappa shape index (κ3) is 1.07. The largest absolute Gasteiger partial charge is 0.414 e. The number of nitrogens with one attached hydrogen (secondary N) is 1. The van der Waals surface area contributed by atoms with E-state index in [1.165, 1.54) is 18.0 Å². The lowest BCUT2D eigenvalue weighted by Crippen LogP contribution is -2.25. The highest BCUT2D eigenvalue weighted by atomic mass is 16.6. The summed E-state index contributed by atoms with van der Waals surface area (Å²) < 4.78 is 1.26. The summed E-state index contributed by atoms with van der Waals surface area (Å²) in [5, 5.41) is 7.10. The molecule has 0 aliphatic rings. The van der Waals surface area contributed by atoms with Crippen molar-refractivity contribution in [1.82, 2.24) is 9.71 Å². The van der Waals surface area contributed by atoms with Crippen molar-refractivity contribution in [3.63, 3.8) is 0 Å². The molecule has 0 aromatic carbocycles. The lowest BCUT2D eigenvalue weighted by atomic mass is 10.7. The number of hydrogen-bond acceptors (Lipinski definition) is 3. The molecule has 0 aliphatic heterocycles. The first kappa shape index (κ1) is 5.81. The summed E-state index contributed by atoms with van der Waals surface area (Å²) in [5.74, 6) is 0.